The summed E-state index contributed by atoms with van der Waals surface area (Å²) in [6.45, 7) is 0.483. The quantitative estimate of drug-likeness (QED) is 0.690. The number of benzene rings is 2. The Balaban J connectivity index is 1.62. The van der Waals surface area contributed by atoms with Crippen LogP contribution in [0.2, 0.25) is 0 Å². The van der Waals surface area contributed by atoms with Gasteiger partial charge in [-0.1, -0.05) is 6.07 Å². The lowest BCUT2D eigenvalue weighted by Crippen LogP contribution is -2.12. The van der Waals surface area contributed by atoms with Crippen LogP contribution >= 0.6 is 0 Å². The molecule has 0 saturated heterocycles. The number of halogens is 1. The van der Waals surface area contributed by atoms with E-state index in [2.05, 4.69) is 4.98 Å². The Labute approximate surface area is 149 Å². The van der Waals surface area contributed by atoms with Crippen molar-refractivity contribution in [3.05, 3.63) is 82.4 Å². The fourth-order valence-electron chi connectivity index (χ4n) is 2.36. The summed E-state index contributed by atoms with van der Waals surface area (Å²) in [6.07, 6.45) is 0. The molecule has 0 saturated carbocycles. The highest BCUT2D eigenvalue weighted by Crippen LogP contribution is 2.20. The first kappa shape index (κ1) is 17.2. The van der Waals surface area contributed by atoms with Crippen molar-refractivity contribution < 1.29 is 13.9 Å². The molecule has 0 aliphatic carbocycles. The first-order valence-electron chi connectivity index (χ1n) is 7.90. The number of H-pyrrole nitrogens is 1. The maximum atomic E-state index is 13.0. The molecule has 1 N–H and O–H groups in total. The minimum Gasteiger partial charge on any atom is -0.490 e. The minimum absolute atomic E-state index is 0.225. The van der Waals surface area contributed by atoms with Gasteiger partial charge in [-0.05, 0) is 48.0 Å². The van der Waals surface area contributed by atoms with Gasteiger partial charge in [0.15, 0.2) is 0 Å². The third-order valence-electron chi connectivity index (χ3n) is 3.56. The van der Waals surface area contributed by atoms with Crippen molar-refractivity contribution in [2.24, 2.45) is 0 Å². The highest BCUT2D eigenvalue weighted by molar-refractivity contribution is 5.60. The normalized spacial score (nSPS) is 10.2. The molecule has 26 heavy (non-hydrogen) atoms. The fraction of sp³-hybridized carbons (Fsp3) is 0.100. The van der Waals surface area contributed by atoms with Crippen LogP contribution in [-0.2, 0) is 0 Å². The number of aromatic amines is 1. The number of pyridine rings is 1. The van der Waals surface area contributed by atoms with E-state index in [1.165, 1.54) is 18.2 Å². The molecule has 5 nitrogen and oxygen atoms in total. The summed E-state index contributed by atoms with van der Waals surface area (Å²) in [6, 6.07) is 17.7. The van der Waals surface area contributed by atoms with Gasteiger partial charge < -0.3 is 14.5 Å². The molecule has 0 spiro atoms. The monoisotopic (exact) mass is 350 g/mol. The number of hydrogen-bond acceptors (Lipinski definition) is 4. The summed E-state index contributed by atoms with van der Waals surface area (Å²) in [5, 5.41) is 8.86. The van der Waals surface area contributed by atoms with Gasteiger partial charge in [-0.25, -0.2) is 4.39 Å². The maximum absolute atomic E-state index is 13.0. The third-order valence-corrected chi connectivity index (χ3v) is 3.56. The molecule has 6 heteroatoms. The van der Waals surface area contributed by atoms with E-state index in [9.17, 15) is 9.18 Å². The first-order chi connectivity index (χ1) is 12.6. The molecule has 0 amide bonds. The van der Waals surface area contributed by atoms with Crippen LogP contribution in [0.15, 0.2) is 65.5 Å². The van der Waals surface area contributed by atoms with E-state index in [-0.39, 0.29) is 24.6 Å². The van der Waals surface area contributed by atoms with Crippen LogP contribution in [0.25, 0.3) is 11.3 Å². The highest BCUT2D eigenvalue weighted by atomic mass is 19.1. The van der Waals surface area contributed by atoms with E-state index in [0.717, 1.165) is 0 Å². The highest BCUT2D eigenvalue weighted by Gasteiger charge is 2.04. The molecule has 0 atom stereocenters. The van der Waals surface area contributed by atoms with Crippen molar-refractivity contribution in [2.75, 3.05) is 13.2 Å². The molecule has 3 rings (SSSR count). The van der Waals surface area contributed by atoms with Gasteiger partial charge in [-0.2, -0.15) is 5.26 Å². The summed E-state index contributed by atoms with van der Waals surface area (Å²) in [5.74, 6) is 0.620. The zero-order valence-corrected chi connectivity index (χ0v) is 13.7. The molecule has 130 valence electrons. The van der Waals surface area contributed by atoms with Gasteiger partial charge in [0, 0.05) is 12.1 Å². The Hall–Kier alpha value is -3.59. The summed E-state index contributed by atoms with van der Waals surface area (Å²) in [5.41, 5.74) is 1.42. The predicted molar refractivity (Wildman–Crippen MR) is 94.6 cm³/mol. The second kappa shape index (κ2) is 7.99. The van der Waals surface area contributed by atoms with Gasteiger partial charge >= 0.3 is 0 Å². The van der Waals surface area contributed by atoms with Gasteiger partial charge in [0.05, 0.1) is 17.3 Å². The molecule has 0 radical (unpaired) electrons. The lowest BCUT2D eigenvalue weighted by atomic mass is 10.1. The zero-order valence-electron chi connectivity index (χ0n) is 13.7. The number of aromatic nitrogens is 1. The second-order valence-electron chi connectivity index (χ2n) is 5.44. The van der Waals surface area contributed by atoms with Crippen molar-refractivity contribution >= 4 is 0 Å². The third kappa shape index (κ3) is 4.48. The number of nitrogens with one attached hydrogen (secondary N) is 1. The maximum Gasteiger partial charge on any atom is 0.252 e. The number of rotatable bonds is 6. The van der Waals surface area contributed by atoms with Gasteiger partial charge in [0.25, 0.3) is 5.56 Å². The van der Waals surface area contributed by atoms with Crippen molar-refractivity contribution in [1.29, 1.82) is 5.26 Å². The van der Waals surface area contributed by atoms with E-state index in [1.54, 1.807) is 42.5 Å². The van der Waals surface area contributed by atoms with Crippen LogP contribution in [0.3, 0.4) is 0 Å². The van der Waals surface area contributed by atoms with Crippen LogP contribution in [0.1, 0.15) is 5.56 Å². The SMILES string of the molecule is N#Cc1cccc(OCCOc2cc(-c3ccc(F)cc3)[nH]c(=O)c2)c1. The van der Waals surface area contributed by atoms with E-state index in [0.29, 0.717) is 28.3 Å². The molecule has 1 heterocycles. The van der Waals surface area contributed by atoms with Crippen LogP contribution in [0.4, 0.5) is 4.39 Å². The Morgan fingerprint density at radius 1 is 0.962 bits per heavy atom. The summed E-state index contributed by atoms with van der Waals surface area (Å²) >= 11 is 0. The lowest BCUT2D eigenvalue weighted by Gasteiger charge is -2.09. The fourth-order valence-corrected chi connectivity index (χ4v) is 2.36. The van der Waals surface area contributed by atoms with Crippen LogP contribution in [0.5, 0.6) is 11.5 Å². The van der Waals surface area contributed by atoms with E-state index in [4.69, 9.17) is 14.7 Å². The lowest BCUT2D eigenvalue weighted by molar-refractivity contribution is 0.217. The van der Waals surface area contributed by atoms with E-state index < -0.39 is 0 Å². The summed E-state index contributed by atoms with van der Waals surface area (Å²) < 4.78 is 24.1. The molecule has 1 aromatic heterocycles. The molecular formula is C20H15FN2O3. The Bertz CT molecular complexity index is 991. The van der Waals surface area contributed by atoms with Gasteiger partial charge in [-0.15, -0.1) is 0 Å². The van der Waals surface area contributed by atoms with Crippen LogP contribution < -0.4 is 15.0 Å². The summed E-state index contributed by atoms with van der Waals surface area (Å²) in [7, 11) is 0. The van der Waals surface area contributed by atoms with Gasteiger partial charge in [0.2, 0.25) is 0 Å². The van der Waals surface area contributed by atoms with Crippen molar-refractivity contribution in [3.8, 4) is 28.8 Å². The van der Waals surface area contributed by atoms with Crippen molar-refractivity contribution in [2.45, 2.75) is 0 Å². The molecule has 0 bridgehead atoms. The van der Waals surface area contributed by atoms with E-state index >= 15 is 0 Å². The number of nitrogens with zero attached hydrogens (tertiary/aromatic N) is 1. The van der Waals surface area contributed by atoms with Crippen molar-refractivity contribution in [3.63, 3.8) is 0 Å². The van der Waals surface area contributed by atoms with E-state index in [1.807, 2.05) is 6.07 Å². The molecule has 3 aromatic rings. The Morgan fingerprint density at radius 3 is 2.42 bits per heavy atom. The first-order valence-corrected chi connectivity index (χ1v) is 7.90. The van der Waals surface area contributed by atoms with Gasteiger partial charge in [-0.3, -0.25) is 4.79 Å². The Kier molecular flexibility index (Phi) is 5.30. The molecular weight excluding hydrogens is 335 g/mol. The number of ether oxygens (including phenoxy) is 2. The number of nitriles is 1. The largest absolute Gasteiger partial charge is 0.490 e. The molecule has 0 aliphatic rings. The van der Waals surface area contributed by atoms with Crippen molar-refractivity contribution in [1.82, 2.24) is 4.98 Å². The van der Waals surface area contributed by atoms with Crippen LogP contribution in [-0.4, -0.2) is 18.2 Å². The zero-order chi connectivity index (χ0) is 18.4. The average molecular weight is 350 g/mol. The predicted octanol–water partition coefficient (Wildman–Crippen LogP) is 3.51. The molecule has 2 aromatic carbocycles. The average Bonchev–Trinajstić information content (AvgIpc) is 2.65. The molecule has 0 unspecified atom stereocenters. The minimum atomic E-state index is -0.346. The second-order valence-corrected chi connectivity index (χ2v) is 5.44. The molecule has 0 fully saturated rings. The number of hydrogen-bond donors (Lipinski definition) is 1. The smallest absolute Gasteiger partial charge is 0.252 e. The summed E-state index contributed by atoms with van der Waals surface area (Å²) in [4.78, 5) is 14.5. The van der Waals surface area contributed by atoms with Crippen LogP contribution in [0, 0.1) is 17.1 Å². The topological polar surface area (TPSA) is 75.1 Å². The van der Waals surface area contributed by atoms with Gasteiger partial charge in [0.1, 0.15) is 30.5 Å². The standard InChI is InChI=1S/C20H15FN2O3/c21-16-6-4-15(5-7-16)19-11-18(12-20(24)23-19)26-9-8-25-17-3-1-2-14(10-17)13-22/h1-7,10-12H,8-9H2,(H,23,24). The Morgan fingerprint density at radius 2 is 1.69 bits per heavy atom. The molecule has 0 aliphatic heterocycles.